The Morgan fingerprint density at radius 2 is 0.667 bits per heavy atom. The van der Waals surface area contributed by atoms with Gasteiger partial charge in [-0.15, -0.1) is 0 Å². The molecular weight excluding hydrogens is 1000 g/mol. The molecule has 0 saturated carbocycles. The van der Waals surface area contributed by atoms with Gasteiger partial charge in [0.1, 0.15) is 12.7 Å². The van der Waals surface area contributed by atoms with Crippen molar-refractivity contribution in [3.63, 3.8) is 0 Å². The van der Waals surface area contributed by atoms with Crippen LogP contribution in [0.5, 0.6) is 0 Å². The van der Waals surface area contributed by atoms with Gasteiger partial charge in [0.15, 0.2) is 6.10 Å². The number of allylic oxidation sites excluding steroid dienone is 12. The summed E-state index contributed by atoms with van der Waals surface area (Å²) in [6.45, 7) is 4.51. The van der Waals surface area contributed by atoms with Crippen molar-refractivity contribution in [3.8, 4) is 0 Å². The van der Waals surface area contributed by atoms with Crippen LogP contribution in [-0.2, 0) is 42.2 Å². The van der Waals surface area contributed by atoms with Crippen LogP contribution < -0.4 is 0 Å². The molecule has 0 aromatic heterocycles. The first-order chi connectivity index (χ1) is 38.2. The van der Waals surface area contributed by atoms with E-state index in [0.29, 0.717) is 19.3 Å². The third-order valence-electron chi connectivity index (χ3n) is 13.6. The highest BCUT2D eigenvalue weighted by Gasteiger charge is 2.28. The van der Waals surface area contributed by atoms with Crippen LogP contribution in [0.3, 0.4) is 0 Å². The largest absolute Gasteiger partial charge is 0.472 e. The highest BCUT2D eigenvalue weighted by atomic mass is 31.2. The molecule has 0 rings (SSSR count). The average molecular weight is 1120 g/mol. The number of carbonyl (C=O) groups is 3. The molecule has 0 heterocycles. The fourth-order valence-corrected chi connectivity index (χ4v) is 9.53. The number of esters is 3. The van der Waals surface area contributed by atoms with Crippen molar-refractivity contribution in [2.75, 3.05) is 26.4 Å². The van der Waals surface area contributed by atoms with E-state index in [4.69, 9.17) is 23.3 Å². The third-order valence-corrected chi connectivity index (χ3v) is 14.5. The number of aliphatic hydroxyl groups is 1. The van der Waals surface area contributed by atoms with Crippen molar-refractivity contribution in [1.29, 1.82) is 0 Å². The van der Waals surface area contributed by atoms with Gasteiger partial charge in [0.25, 0.3) is 0 Å². The molecule has 12 heteroatoms. The Labute approximate surface area is 478 Å². The van der Waals surface area contributed by atoms with Crippen molar-refractivity contribution in [3.05, 3.63) is 72.9 Å². The molecular formula is C66H117O11P. The monoisotopic (exact) mass is 1120 g/mol. The highest BCUT2D eigenvalue weighted by molar-refractivity contribution is 7.47. The molecule has 0 spiro atoms. The number of rotatable bonds is 59. The summed E-state index contributed by atoms with van der Waals surface area (Å²) in [7, 11) is -4.76. The number of aliphatic hydroxyl groups excluding tert-OH is 1. The van der Waals surface area contributed by atoms with Gasteiger partial charge in [0.05, 0.1) is 19.8 Å². The zero-order valence-corrected chi connectivity index (χ0v) is 51.0. The zero-order chi connectivity index (χ0) is 56.9. The number of hydrogen-bond donors (Lipinski definition) is 2. The molecule has 452 valence electrons. The summed E-state index contributed by atoms with van der Waals surface area (Å²) in [4.78, 5) is 48.7. The minimum atomic E-state index is -4.76. The van der Waals surface area contributed by atoms with E-state index in [9.17, 15) is 28.9 Å². The lowest BCUT2D eigenvalue weighted by molar-refractivity contribution is -0.161. The Morgan fingerprint density at radius 3 is 1.06 bits per heavy atom. The Kier molecular flexibility index (Phi) is 57.7. The number of phosphoric acid groups is 1. The van der Waals surface area contributed by atoms with Gasteiger partial charge in [0.2, 0.25) is 0 Å². The van der Waals surface area contributed by atoms with E-state index in [1.165, 1.54) is 148 Å². The van der Waals surface area contributed by atoms with E-state index < -0.39 is 57.8 Å². The lowest BCUT2D eigenvalue weighted by atomic mass is 10.1. The van der Waals surface area contributed by atoms with Crippen molar-refractivity contribution in [2.24, 2.45) is 0 Å². The van der Waals surface area contributed by atoms with Crippen LogP contribution in [0.4, 0.5) is 0 Å². The first kappa shape index (κ1) is 74.9. The molecule has 0 aliphatic carbocycles. The summed E-state index contributed by atoms with van der Waals surface area (Å²) in [6, 6.07) is 0. The topological polar surface area (TPSA) is 155 Å². The van der Waals surface area contributed by atoms with Gasteiger partial charge >= 0.3 is 25.7 Å². The quantitative estimate of drug-likeness (QED) is 0.0197. The van der Waals surface area contributed by atoms with Crippen LogP contribution in [0.1, 0.15) is 290 Å². The fourth-order valence-electron chi connectivity index (χ4n) is 8.75. The molecule has 0 bridgehead atoms. The van der Waals surface area contributed by atoms with Crippen LogP contribution in [0, 0.1) is 0 Å². The predicted molar refractivity (Wildman–Crippen MR) is 325 cm³/mol. The molecule has 2 N–H and O–H groups in total. The van der Waals surface area contributed by atoms with E-state index in [1.54, 1.807) is 0 Å². The second kappa shape index (κ2) is 60.0. The third kappa shape index (κ3) is 57.6. The molecule has 0 radical (unpaired) electrons. The van der Waals surface area contributed by atoms with E-state index in [-0.39, 0.29) is 25.9 Å². The van der Waals surface area contributed by atoms with Crippen LogP contribution in [0.25, 0.3) is 0 Å². The normalized spacial score (nSPS) is 13.8. The molecule has 3 unspecified atom stereocenters. The van der Waals surface area contributed by atoms with Crippen molar-refractivity contribution in [2.45, 2.75) is 303 Å². The fraction of sp³-hybridized carbons (Fsp3) is 0.773. The van der Waals surface area contributed by atoms with E-state index in [2.05, 4.69) is 93.7 Å². The van der Waals surface area contributed by atoms with Gasteiger partial charge in [-0.05, 0) is 109 Å². The first-order valence-electron chi connectivity index (χ1n) is 31.8. The van der Waals surface area contributed by atoms with Crippen molar-refractivity contribution in [1.82, 2.24) is 0 Å². The molecule has 11 nitrogen and oxygen atoms in total. The summed E-state index contributed by atoms with van der Waals surface area (Å²) in [5, 5.41) is 9.85. The maximum Gasteiger partial charge on any atom is 0.472 e. The summed E-state index contributed by atoms with van der Waals surface area (Å²) >= 11 is 0. The van der Waals surface area contributed by atoms with Gasteiger partial charge < -0.3 is 24.2 Å². The number of ether oxygens (including phenoxy) is 3. The van der Waals surface area contributed by atoms with E-state index in [1.807, 2.05) is 0 Å². The molecule has 0 aliphatic heterocycles. The highest BCUT2D eigenvalue weighted by Crippen LogP contribution is 2.43. The molecule has 3 atom stereocenters. The standard InChI is InChI=1S/C66H117O11P/c1-4-7-10-13-16-19-22-25-28-30-31-33-36-39-42-45-48-51-54-57-66(70)77-63(59-73-64(68)55-52-49-46-43-40-37-34-27-24-21-18-15-12-9-6-3)61-75-78(71,72)74-60-62(58-67)76-65(69)56-53-50-47-44-41-38-35-32-29-26-23-20-17-14-11-8-5-2/h9,12,18,21,25-29,34,40,43,62-63,67H,4-8,10-11,13-17,19-20,22-24,30-33,35-39,41-42,44-61H2,1-3H3,(H,71,72)/b12-9-,21-18-,28-25-,29-26-,34-27-,43-40-. The number of unbranched alkanes of at least 4 members (excludes halogenated alkanes) is 30. The van der Waals surface area contributed by atoms with E-state index in [0.717, 1.165) is 83.5 Å². The number of phosphoric ester groups is 1. The lowest BCUT2D eigenvalue weighted by Gasteiger charge is -2.21. The molecule has 0 aliphatic rings. The predicted octanol–water partition coefficient (Wildman–Crippen LogP) is 19.3. The van der Waals surface area contributed by atoms with Gasteiger partial charge in [-0.3, -0.25) is 23.4 Å². The molecule has 78 heavy (non-hydrogen) atoms. The SMILES string of the molecule is CC/C=C\C/C=C\C/C=C\C/C=C\CCCCC(=O)OCC(COP(=O)(O)OCC(CO)OC(=O)CCCCCCCCC/C=C\CCCCCCCC)OC(=O)CCCCCCCCCCC/C=C\CCCCCCCC. The molecule has 0 amide bonds. The van der Waals surface area contributed by atoms with Gasteiger partial charge in [0, 0.05) is 19.3 Å². The van der Waals surface area contributed by atoms with Gasteiger partial charge in [-0.25, -0.2) is 4.57 Å². The number of carbonyl (C=O) groups excluding carboxylic acids is 3. The second-order valence-electron chi connectivity index (χ2n) is 21.2. The number of hydrogen-bond acceptors (Lipinski definition) is 10. The van der Waals surface area contributed by atoms with Crippen LogP contribution in [-0.4, -0.2) is 66.5 Å². The van der Waals surface area contributed by atoms with Crippen molar-refractivity contribution < 1.29 is 52.2 Å². The summed E-state index contributed by atoms with van der Waals surface area (Å²) in [5.74, 6) is -1.51. The van der Waals surface area contributed by atoms with Gasteiger partial charge in [-0.1, -0.05) is 235 Å². The Hall–Kier alpha value is -3.08. The Bertz CT molecular complexity index is 1590. The van der Waals surface area contributed by atoms with E-state index >= 15 is 0 Å². The summed E-state index contributed by atoms with van der Waals surface area (Å²) < 4.78 is 39.6. The minimum absolute atomic E-state index is 0.155. The molecule has 0 saturated heterocycles. The summed E-state index contributed by atoms with van der Waals surface area (Å²) in [6.07, 6.45) is 68.6. The van der Waals surface area contributed by atoms with Crippen LogP contribution in [0.15, 0.2) is 72.9 Å². The molecule has 0 aromatic rings. The van der Waals surface area contributed by atoms with Gasteiger partial charge in [-0.2, -0.15) is 0 Å². The minimum Gasteiger partial charge on any atom is -0.462 e. The Morgan fingerprint density at radius 1 is 0.372 bits per heavy atom. The molecule has 0 aromatic carbocycles. The summed E-state index contributed by atoms with van der Waals surface area (Å²) in [5.41, 5.74) is 0. The maximum atomic E-state index is 12.9. The first-order valence-corrected chi connectivity index (χ1v) is 33.3. The smallest absolute Gasteiger partial charge is 0.462 e. The molecule has 0 fully saturated rings. The zero-order valence-electron chi connectivity index (χ0n) is 50.1. The van der Waals surface area contributed by atoms with Crippen molar-refractivity contribution >= 4 is 25.7 Å². The maximum absolute atomic E-state index is 12.9. The average Bonchev–Trinajstić information content (AvgIpc) is 3.43. The van der Waals surface area contributed by atoms with Crippen LogP contribution >= 0.6 is 7.82 Å². The Balaban J connectivity index is 4.72. The van der Waals surface area contributed by atoms with Crippen LogP contribution in [0.2, 0.25) is 0 Å². The lowest BCUT2D eigenvalue weighted by Crippen LogP contribution is -2.30. The second-order valence-corrected chi connectivity index (χ2v) is 22.6.